The van der Waals surface area contributed by atoms with Gasteiger partial charge in [0.25, 0.3) is 0 Å². The topological polar surface area (TPSA) is 42.2 Å². The minimum atomic E-state index is 0.708. The van der Waals surface area contributed by atoms with Gasteiger partial charge in [0.15, 0.2) is 0 Å². The summed E-state index contributed by atoms with van der Waals surface area (Å²) in [4.78, 5) is 6.10. The van der Waals surface area contributed by atoms with Crippen molar-refractivity contribution < 1.29 is 0 Å². The Morgan fingerprint density at radius 2 is 2.38 bits per heavy atom. The number of nitrogens with zero attached hydrogens (tertiary/aromatic N) is 2. The zero-order valence-electron chi connectivity index (χ0n) is 8.85. The Kier molecular flexibility index (Phi) is 3.46. The van der Waals surface area contributed by atoms with Crippen LogP contribution in [0.25, 0.3) is 0 Å². The summed E-state index contributed by atoms with van der Waals surface area (Å²) in [6.45, 7) is 0.844. The minimum Gasteiger partial charge on any atom is -0.396 e. The maximum atomic E-state index is 5.87. The predicted molar refractivity (Wildman–Crippen MR) is 72.8 cm³/mol. The molecule has 2 N–H and O–H groups in total. The molecule has 2 rings (SSSR count). The number of pyridine rings is 1. The largest absolute Gasteiger partial charge is 0.396 e. The summed E-state index contributed by atoms with van der Waals surface area (Å²) >= 11 is 5.15. The van der Waals surface area contributed by atoms with E-state index in [1.165, 1.54) is 5.56 Å². The van der Waals surface area contributed by atoms with Crippen LogP contribution in [0.1, 0.15) is 5.56 Å². The maximum Gasteiger partial charge on any atom is 0.0738 e. The molecule has 84 valence electrons. The van der Waals surface area contributed by atoms with E-state index in [0.29, 0.717) is 5.69 Å². The van der Waals surface area contributed by atoms with Gasteiger partial charge >= 0.3 is 0 Å². The molecule has 0 radical (unpaired) electrons. The first-order chi connectivity index (χ1) is 7.66. The molecule has 0 aliphatic rings. The summed E-state index contributed by atoms with van der Waals surface area (Å²) in [5.74, 6) is 0. The van der Waals surface area contributed by atoms with Crippen molar-refractivity contribution in [3.05, 3.63) is 39.3 Å². The Labute approximate surface area is 107 Å². The number of hydrogen-bond acceptors (Lipinski definition) is 4. The van der Waals surface area contributed by atoms with Crippen molar-refractivity contribution in [2.45, 2.75) is 6.54 Å². The molecule has 0 aliphatic heterocycles. The van der Waals surface area contributed by atoms with Gasteiger partial charge in [-0.1, -0.05) is 0 Å². The number of aromatic nitrogens is 1. The van der Waals surface area contributed by atoms with Gasteiger partial charge in [-0.2, -0.15) is 0 Å². The lowest BCUT2D eigenvalue weighted by Gasteiger charge is -2.19. The Balaban J connectivity index is 2.14. The number of halogens is 1. The first-order valence-electron chi connectivity index (χ1n) is 4.80. The number of nitrogens with two attached hydrogens (primary N) is 1. The molecule has 0 saturated carbocycles. The predicted octanol–water partition coefficient (Wildman–Crippen LogP) is 3.12. The second-order valence-corrected chi connectivity index (χ2v) is 5.84. The number of rotatable bonds is 3. The smallest absolute Gasteiger partial charge is 0.0738 e. The Morgan fingerprint density at radius 1 is 1.56 bits per heavy atom. The summed E-state index contributed by atoms with van der Waals surface area (Å²) in [6.07, 6.45) is 3.43. The van der Waals surface area contributed by atoms with Crippen molar-refractivity contribution in [3.8, 4) is 0 Å². The van der Waals surface area contributed by atoms with E-state index < -0.39 is 0 Å². The Hall–Kier alpha value is -1.07. The third kappa shape index (κ3) is 2.54. The van der Waals surface area contributed by atoms with Crippen molar-refractivity contribution in [2.75, 3.05) is 17.7 Å². The van der Waals surface area contributed by atoms with Crippen LogP contribution in [0, 0.1) is 0 Å². The van der Waals surface area contributed by atoms with Crippen molar-refractivity contribution in [1.82, 2.24) is 4.98 Å². The van der Waals surface area contributed by atoms with Gasteiger partial charge in [-0.3, -0.25) is 4.98 Å². The van der Waals surface area contributed by atoms with Crippen molar-refractivity contribution in [3.63, 3.8) is 0 Å². The van der Waals surface area contributed by atoms with Gasteiger partial charge in [0.05, 0.1) is 21.4 Å². The average molecular weight is 298 g/mol. The van der Waals surface area contributed by atoms with Crippen LogP contribution in [0.2, 0.25) is 0 Å². The molecule has 0 spiro atoms. The zero-order valence-corrected chi connectivity index (χ0v) is 11.3. The van der Waals surface area contributed by atoms with Crippen LogP contribution >= 0.6 is 27.3 Å². The molecule has 0 aromatic carbocycles. The molecule has 0 saturated heterocycles. The standard InChI is InChI=1S/C11H12BrN3S/c1-15(6-8-4-11(12)16-7-8)10-2-3-14-5-9(10)13/h2-5,7H,6,13H2,1H3. The van der Waals surface area contributed by atoms with Crippen molar-refractivity contribution >= 4 is 38.6 Å². The van der Waals surface area contributed by atoms with E-state index in [1.807, 2.05) is 13.1 Å². The number of hydrogen-bond donors (Lipinski definition) is 1. The number of thiophene rings is 1. The molecule has 5 heteroatoms. The molecule has 0 aliphatic carbocycles. The van der Waals surface area contributed by atoms with Gasteiger partial charge in [0, 0.05) is 19.8 Å². The molecule has 0 amide bonds. The number of nitrogen functional groups attached to an aromatic ring is 1. The van der Waals surface area contributed by atoms with Gasteiger partial charge in [-0.15, -0.1) is 11.3 Å². The molecular formula is C11H12BrN3S. The minimum absolute atomic E-state index is 0.708. The third-order valence-electron chi connectivity index (χ3n) is 2.28. The van der Waals surface area contributed by atoms with Gasteiger partial charge in [-0.05, 0) is 39.0 Å². The average Bonchev–Trinajstić information content (AvgIpc) is 2.64. The molecular weight excluding hydrogens is 286 g/mol. The van der Waals surface area contributed by atoms with Crippen LogP contribution in [0.5, 0.6) is 0 Å². The highest BCUT2D eigenvalue weighted by Crippen LogP contribution is 2.25. The van der Waals surface area contributed by atoms with Crippen molar-refractivity contribution in [2.24, 2.45) is 0 Å². The monoisotopic (exact) mass is 297 g/mol. The lowest BCUT2D eigenvalue weighted by atomic mass is 10.2. The summed E-state index contributed by atoms with van der Waals surface area (Å²) in [7, 11) is 2.03. The molecule has 2 heterocycles. The van der Waals surface area contributed by atoms with Crippen LogP contribution in [-0.4, -0.2) is 12.0 Å². The van der Waals surface area contributed by atoms with Crippen LogP contribution in [0.4, 0.5) is 11.4 Å². The lowest BCUT2D eigenvalue weighted by molar-refractivity contribution is 0.927. The first-order valence-corrected chi connectivity index (χ1v) is 6.47. The second-order valence-electron chi connectivity index (χ2n) is 3.55. The molecule has 0 fully saturated rings. The van der Waals surface area contributed by atoms with Crippen LogP contribution in [0.3, 0.4) is 0 Å². The van der Waals surface area contributed by atoms with E-state index in [0.717, 1.165) is 16.0 Å². The van der Waals surface area contributed by atoms with Gasteiger partial charge in [-0.25, -0.2) is 0 Å². The Morgan fingerprint density at radius 3 is 3.00 bits per heavy atom. The Bertz CT molecular complexity index is 484. The van der Waals surface area contributed by atoms with Gasteiger partial charge in [0.1, 0.15) is 0 Å². The molecule has 0 bridgehead atoms. The van der Waals surface area contributed by atoms with Crippen molar-refractivity contribution in [1.29, 1.82) is 0 Å². The molecule has 0 atom stereocenters. The molecule has 2 aromatic rings. The fourth-order valence-corrected chi connectivity index (χ4v) is 2.74. The fourth-order valence-electron chi connectivity index (χ4n) is 1.53. The number of anilines is 2. The lowest BCUT2D eigenvalue weighted by Crippen LogP contribution is -2.17. The van der Waals surface area contributed by atoms with E-state index >= 15 is 0 Å². The van der Waals surface area contributed by atoms with Crippen LogP contribution in [0.15, 0.2) is 33.7 Å². The third-order valence-corrected chi connectivity index (χ3v) is 3.83. The van der Waals surface area contributed by atoms with E-state index in [-0.39, 0.29) is 0 Å². The first kappa shape index (κ1) is 11.4. The van der Waals surface area contributed by atoms with Crippen LogP contribution in [-0.2, 0) is 6.54 Å². The molecule has 3 nitrogen and oxygen atoms in total. The van der Waals surface area contributed by atoms with Crippen LogP contribution < -0.4 is 10.6 Å². The molecule has 0 unspecified atom stereocenters. The highest BCUT2D eigenvalue weighted by atomic mass is 79.9. The van der Waals surface area contributed by atoms with Gasteiger partial charge < -0.3 is 10.6 Å². The van der Waals surface area contributed by atoms with Gasteiger partial charge in [0.2, 0.25) is 0 Å². The van der Waals surface area contributed by atoms with E-state index in [9.17, 15) is 0 Å². The second kappa shape index (κ2) is 4.84. The quantitative estimate of drug-likeness (QED) is 0.946. The highest BCUT2D eigenvalue weighted by Gasteiger charge is 2.06. The van der Waals surface area contributed by atoms with E-state index in [1.54, 1.807) is 23.7 Å². The summed E-state index contributed by atoms with van der Waals surface area (Å²) in [6, 6.07) is 4.05. The summed E-state index contributed by atoms with van der Waals surface area (Å²) in [5, 5.41) is 2.14. The molecule has 2 aromatic heterocycles. The normalized spacial score (nSPS) is 10.4. The molecule has 16 heavy (non-hydrogen) atoms. The summed E-state index contributed by atoms with van der Waals surface area (Å²) < 4.78 is 1.15. The van der Waals surface area contributed by atoms with E-state index in [4.69, 9.17) is 5.73 Å². The highest BCUT2D eigenvalue weighted by molar-refractivity contribution is 9.11. The maximum absolute atomic E-state index is 5.87. The van der Waals surface area contributed by atoms with E-state index in [2.05, 4.69) is 37.3 Å². The summed E-state index contributed by atoms with van der Waals surface area (Å²) in [5.41, 5.74) is 8.86. The fraction of sp³-hybridized carbons (Fsp3) is 0.182. The zero-order chi connectivity index (χ0) is 11.5. The SMILES string of the molecule is CN(Cc1csc(Br)c1)c1ccncc1N.